The predicted octanol–water partition coefficient (Wildman–Crippen LogP) is 4.01. The van der Waals surface area contributed by atoms with Gasteiger partial charge in [0.15, 0.2) is 10.5 Å². The summed E-state index contributed by atoms with van der Waals surface area (Å²) in [6.45, 7) is 1.29. The zero-order valence-corrected chi connectivity index (χ0v) is 20.8. The molecule has 37 heavy (non-hydrogen) atoms. The number of allylic oxidation sites excluding steroid dienone is 1. The monoisotopic (exact) mass is 546 g/mol. The number of hydrogen-bond donors (Lipinski definition) is 0. The minimum atomic E-state index is -4.99. The number of alkyl halides is 3. The molecule has 0 unspecified atom stereocenters. The average molecular weight is 547 g/mol. The number of esters is 1. The normalized spacial score (nSPS) is 15.6. The number of carbonyl (C=O) groups excluding carboxylic acids is 1. The molecule has 1 aliphatic rings. The standard InChI is InChI=1S/C26H18ClF3N2O4S/c1-3-13-36-18-8-6-5-7-16(18)14-19-23(33)32-21(15-9-11-17(27)12-10-15)20(24(34)35-4-2)22(26(28,29)30)31-25(32)37-19/h1,5-12,14,21H,4,13H2,2H3/b19-14-/t21-/m1/s1. The molecule has 3 aromatic rings. The Morgan fingerprint density at radius 3 is 2.59 bits per heavy atom. The molecule has 1 aromatic heterocycles. The summed E-state index contributed by atoms with van der Waals surface area (Å²) in [6, 6.07) is 11.1. The third-order valence-corrected chi connectivity index (χ3v) is 6.53. The molecule has 190 valence electrons. The van der Waals surface area contributed by atoms with Gasteiger partial charge in [-0.05, 0) is 36.8 Å². The van der Waals surface area contributed by atoms with Gasteiger partial charge in [-0.25, -0.2) is 9.79 Å². The second-order valence-electron chi connectivity index (χ2n) is 7.65. The van der Waals surface area contributed by atoms with Gasteiger partial charge in [0.05, 0.1) is 22.8 Å². The highest BCUT2D eigenvalue weighted by Crippen LogP contribution is 2.38. The van der Waals surface area contributed by atoms with E-state index in [1.54, 1.807) is 24.3 Å². The van der Waals surface area contributed by atoms with Crippen LogP contribution in [0.1, 0.15) is 24.1 Å². The van der Waals surface area contributed by atoms with Crippen LogP contribution in [0.25, 0.3) is 6.08 Å². The molecular weight excluding hydrogens is 529 g/mol. The van der Waals surface area contributed by atoms with Gasteiger partial charge >= 0.3 is 12.1 Å². The number of hydrogen-bond acceptors (Lipinski definition) is 6. The Hall–Kier alpha value is -3.81. The van der Waals surface area contributed by atoms with Gasteiger partial charge in [0.25, 0.3) is 5.56 Å². The molecule has 0 aliphatic carbocycles. The lowest BCUT2D eigenvalue weighted by molar-refractivity contribution is -0.140. The molecule has 2 aromatic carbocycles. The number of nitrogens with zero attached hydrogens (tertiary/aromatic N) is 2. The highest BCUT2D eigenvalue weighted by Gasteiger charge is 2.45. The number of carbonyl (C=O) groups is 1. The van der Waals surface area contributed by atoms with E-state index in [0.717, 1.165) is 15.9 Å². The molecule has 2 heterocycles. The molecule has 11 heteroatoms. The van der Waals surface area contributed by atoms with Crippen LogP contribution in [-0.4, -0.2) is 29.9 Å². The first-order valence-corrected chi connectivity index (χ1v) is 12.1. The van der Waals surface area contributed by atoms with E-state index in [9.17, 15) is 22.8 Å². The highest BCUT2D eigenvalue weighted by atomic mass is 35.5. The fraction of sp³-hybridized carbons (Fsp3) is 0.192. The van der Waals surface area contributed by atoms with Gasteiger partial charge in [-0.15, -0.1) is 6.42 Å². The van der Waals surface area contributed by atoms with Crippen molar-refractivity contribution in [1.82, 2.24) is 4.57 Å². The van der Waals surface area contributed by atoms with Gasteiger partial charge in [0.1, 0.15) is 12.4 Å². The second-order valence-corrected chi connectivity index (χ2v) is 9.09. The van der Waals surface area contributed by atoms with Gasteiger partial charge in [0, 0.05) is 10.6 Å². The van der Waals surface area contributed by atoms with E-state index in [0.29, 0.717) is 16.3 Å². The molecule has 0 amide bonds. The Balaban J connectivity index is 2.02. The number of para-hydroxylation sites is 1. The molecule has 6 nitrogen and oxygen atoms in total. The number of benzene rings is 2. The second kappa shape index (κ2) is 10.7. The van der Waals surface area contributed by atoms with E-state index in [2.05, 4.69) is 10.9 Å². The number of terminal acetylenes is 1. The lowest BCUT2D eigenvalue weighted by Crippen LogP contribution is -2.41. The maximum atomic E-state index is 14.2. The molecule has 0 bridgehead atoms. The van der Waals surface area contributed by atoms with Crippen LogP contribution in [0, 0.1) is 12.3 Å². The van der Waals surface area contributed by atoms with Crippen molar-refractivity contribution < 1.29 is 27.4 Å². The smallest absolute Gasteiger partial charge is 0.434 e. The van der Waals surface area contributed by atoms with E-state index in [-0.39, 0.29) is 28.1 Å². The topological polar surface area (TPSA) is 69.9 Å². The Bertz CT molecular complexity index is 1600. The van der Waals surface area contributed by atoms with Crippen molar-refractivity contribution >= 4 is 35.0 Å². The van der Waals surface area contributed by atoms with Crippen molar-refractivity contribution in [2.45, 2.75) is 19.1 Å². The summed E-state index contributed by atoms with van der Waals surface area (Å²) in [5, 5.41) is 0.331. The van der Waals surface area contributed by atoms with Gasteiger partial charge in [0.2, 0.25) is 0 Å². The third-order valence-electron chi connectivity index (χ3n) is 5.30. The summed E-state index contributed by atoms with van der Waals surface area (Å²) in [5.41, 5.74) is -2.12. The lowest BCUT2D eigenvalue weighted by Gasteiger charge is -2.26. The van der Waals surface area contributed by atoms with Crippen LogP contribution < -0.4 is 19.6 Å². The molecule has 0 radical (unpaired) electrons. The van der Waals surface area contributed by atoms with Gasteiger partial charge in [-0.2, -0.15) is 13.2 Å². The number of fused-ring (bicyclic) bond motifs is 1. The summed E-state index contributed by atoms with van der Waals surface area (Å²) in [5.74, 6) is 1.52. The Morgan fingerprint density at radius 1 is 1.24 bits per heavy atom. The van der Waals surface area contributed by atoms with Crippen LogP contribution in [0.3, 0.4) is 0 Å². The van der Waals surface area contributed by atoms with Crippen molar-refractivity contribution in [1.29, 1.82) is 0 Å². The Kier molecular flexibility index (Phi) is 7.57. The molecule has 0 N–H and O–H groups in total. The van der Waals surface area contributed by atoms with Crippen molar-refractivity contribution in [2.75, 3.05) is 13.2 Å². The zero-order chi connectivity index (χ0) is 26.7. The van der Waals surface area contributed by atoms with Crippen molar-refractivity contribution in [3.63, 3.8) is 0 Å². The zero-order valence-electron chi connectivity index (χ0n) is 19.2. The summed E-state index contributed by atoms with van der Waals surface area (Å²) < 4.78 is 54.1. The number of aromatic nitrogens is 1. The van der Waals surface area contributed by atoms with Crippen LogP contribution in [0.2, 0.25) is 5.02 Å². The minimum Gasteiger partial charge on any atom is -0.480 e. The molecule has 1 aliphatic heterocycles. The van der Waals surface area contributed by atoms with E-state index >= 15 is 0 Å². The number of rotatable bonds is 6. The summed E-state index contributed by atoms with van der Waals surface area (Å²) >= 11 is 6.74. The van der Waals surface area contributed by atoms with E-state index in [1.807, 2.05) is 0 Å². The minimum absolute atomic E-state index is 0.0134. The SMILES string of the molecule is C#CCOc1ccccc1/C=c1\sc2n(c1=O)[C@H](c1ccc(Cl)cc1)C(C(=O)OCC)=C(C(F)(F)F)N=2. The Labute approximate surface area is 217 Å². The Morgan fingerprint density at radius 2 is 1.95 bits per heavy atom. The first-order chi connectivity index (χ1) is 17.7. The van der Waals surface area contributed by atoms with Crippen molar-refractivity contribution in [3.05, 3.63) is 95.6 Å². The lowest BCUT2D eigenvalue weighted by atomic mass is 9.95. The molecule has 0 fully saturated rings. The van der Waals surface area contributed by atoms with Crippen LogP contribution in [0.5, 0.6) is 5.75 Å². The van der Waals surface area contributed by atoms with Crippen LogP contribution in [-0.2, 0) is 9.53 Å². The molecule has 1 atom stereocenters. The maximum absolute atomic E-state index is 14.2. The molecule has 0 saturated carbocycles. The van der Waals surface area contributed by atoms with E-state index in [4.69, 9.17) is 27.5 Å². The van der Waals surface area contributed by atoms with Gasteiger partial charge in [-0.3, -0.25) is 9.36 Å². The summed E-state index contributed by atoms with van der Waals surface area (Å²) in [6.07, 6.45) is 1.76. The van der Waals surface area contributed by atoms with Gasteiger partial charge in [-0.1, -0.05) is 59.2 Å². The first kappa shape index (κ1) is 26.3. The van der Waals surface area contributed by atoms with Crippen LogP contribution in [0.4, 0.5) is 13.2 Å². The highest BCUT2D eigenvalue weighted by molar-refractivity contribution is 7.07. The van der Waals surface area contributed by atoms with Gasteiger partial charge < -0.3 is 9.47 Å². The molecular formula is C26H18ClF3N2O4S. The molecule has 0 saturated heterocycles. The van der Waals surface area contributed by atoms with E-state index < -0.39 is 35.0 Å². The molecule has 4 rings (SSSR count). The summed E-state index contributed by atoms with van der Waals surface area (Å²) in [4.78, 5) is 30.0. The average Bonchev–Trinajstić information content (AvgIpc) is 3.17. The number of ether oxygens (including phenoxy) is 2. The van der Waals surface area contributed by atoms with Crippen LogP contribution >= 0.6 is 22.9 Å². The number of halogens is 4. The summed E-state index contributed by atoms with van der Waals surface area (Å²) in [7, 11) is 0. The van der Waals surface area contributed by atoms with Crippen molar-refractivity contribution in [2.24, 2.45) is 4.99 Å². The van der Waals surface area contributed by atoms with Crippen LogP contribution in [0.15, 0.2) is 69.6 Å². The van der Waals surface area contributed by atoms with Crippen molar-refractivity contribution in [3.8, 4) is 18.1 Å². The molecule has 0 spiro atoms. The quantitative estimate of drug-likeness (QED) is 0.346. The van der Waals surface area contributed by atoms with E-state index in [1.165, 1.54) is 37.3 Å². The third kappa shape index (κ3) is 5.33. The number of thiazole rings is 1. The predicted molar refractivity (Wildman–Crippen MR) is 133 cm³/mol. The maximum Gasteiger partial charge on any atom is 0.434 e. The fourth-order valence-electron chi connectivity index (χ4n) is 3.79. The largest absolute Gasteiger partial charge is 0.480 e. The fourth-order valence-corrected chi connectivity index (χ4v) is 4.91. The first-order valence-electron chi connectivity index (χ1n) is 10.9.